The highest BCUT2D eigenvalue weighted by Crippen LogP contribution is 2.29. The third-order valence-corrected chi connectivity index (χ3v) is 7.51. The number of nitrogens with one attached hydrogen (secondary N) is 1. The summed E-state index contributed by atoms with van der Waals surface area (Å²) in [6, 6.07) is 22.3. The van der Waals surface area contributed by atoms with Gasteiger partial charge in [0.2, 0.25) is 15.9 Å². The fourth-order valence-corrected chi connectivity index (χ4v) is 5.43. The fourth-order valence-electron chi connectivity index (χ4n) is 3.64. The van der Waals surface area contributed by atoms with Crippen LogP contribution in [0.25, 0.3) is 0 Å². The molecule has 0 aliphatic carbocycles. The Balaban J connectivity index is 1.64. The van der Waals surface area contributed by atoms with E-state index < -0.39 is 16.1 Å². The molecule has 1 amide bonds. The highest BCUT2D eigenvalue weighted by Gasteiger charge is 2.39. The first kappa shape index (κ1) is 20.6. The van der Waals surface area contributed by atoms with Crippen LogP contribution in [0, 0.1) is 0 Å². The molecule has 0 fully saturated rings. The van der Waals surface area contributed by atoms with Crippen LogP contribution in [0.3, 0.4) is 0 Å². The van der Waals surface area contributed by atoms with Gasteiger partial charge >= 0.3 is 0 Å². The Hall–Kier alpha value is -2.67. The number of hydrogen-bond acceptors (Lipinski definition) is 3. The summed E-state index contributed by atoms with van der Waals surface area (Å²) in [4.78, 5) is 13.3. The number of halogens is 1. The normalized spacial score (nSPS) is 16.6. The largest absolute Gasteiger partial charge is 0.351 e. The van der Waals surface area contributed by atoms with Crippen molar-refractivity contribution >= 4 is 27.5 Å². The van der Waals surface area contributed by atoms with Crippen LogP contribution < -0.4 is 5.32 Å². The molecule has 0 spiro atoms. The monoisotopic (exact) mass is 440 g/mol. The lowest BCUT2D eigenvalue weighted by Gasteiger charge is -2.35. The molecule has 1 heterocycles. The van der Waals surface area contributed by atoms with E-state index in [2.05, 4.69) is 5.32 Å². The first-order chi connectivity index (χ1) is 14.5. The third-order valence-electron chi connectivity index (χ3n) is 5.27. The number of benzene rings is 3. The summed E-state index contributed by atoms with van der Waals surface area (Å²) in [5.41, 5.74) is 2.67. The van der Waals surface area contributed by atoms with Crippen molar-refractivity contribution in [3.63, 3.8) is 0 Å². The van der Waals surface area contributed by atoms with Gasteiger partial charge in [-0.2, -0.15) is 4.31 Å². The van der Waals surface area contributed by atoms with Gasteiger partial charge in [-0.3, -0.25) is 4.79 Å². The molecule has 0 unspecified atom stereocenters. The summed E-state index contributed by atoms with van der Waals surface area (Å²) in [7, 11) is -3.84. The Morgan fingerprint density at radius 2 is 1.57 bits per heavy atom. The van der Waals surface area contributed by atoms with E-state index in [4.69, 9.17) is 11.6 Å². The van der Waals surface area contributed by atoms with Crippen molar-refractivity contribution in [3.05, 3.63) is 101 Å². The van der Waals surface area contributed by atoms with Gasteiger partial charge in [0.15, 0.2) is 0 Å². The van der Waals surface area contributed by atoms with Crippen LogP contribution in [0.4, 0.5) is 0 Å². The molecule has 0 saturated heterocycles. The highest BCUT2D eigenvalue weighted by molar-refractivity contribution is 7.89. The van der Waals surface area contributed by atoms with E-state index in [0.717, 1.165) is 16.7 Å². The van der Waals surface area contributed by atoms with Crippen molar-refractivity contribution in [1.82, 2.24) is 9.62 Å². The maximum Gasteiger partial charge on any atom is 0.244 e. The van der Waals surface area contributed by atoms with Gasteiger partial charge < -0.3 is 5.32 Å². The third kappa shape index (κ3) is 4.12. The molecular weight excluding hydrogens is 420 g/mol. The first-order valence-corrected chi connectivity index (χ1v) is 11.4. The van der Waals surface area contributed by atoms with E-state index in [1.165, 1.54) is 4.31 Å². The molecule has 1 aliphatic heterocycles. The number of sulfonamides is 1. The van der Waals surface area contributed by atoms with Crippen LogP contribution in [0.1, 0.15) is 16.7 Å². The molecule has 0 radical (unpaired) electrons. The lowest BCUT2D eigenvalue weighted by atomic mass is 9.95. The number of hydrogen-bond donors (Lipinski definition) is 1. The Morgan fingerprint density at radius 1 is 0.933 bits per heavy atom. The molecule has 1 aliphatic rings. The Morgan fingerprint density at radius 3 is 2.30 bits per heavy atom. The molecule has 30 heavy (non-hydrogen) atoms. The fraction of sp³-hybridized carbons (Fsp3) is 0.174. The van der Waals surface area contributed by atoms with Crippen molar-refractivity contribution in [2.75, 3.05) is 0 Å². The minimum absolute atomic E-state index is 0.150. The van der Waals surface area contributed by atoms with Gasteiger partial charge in [-0.15, -0.1) is 0 Å². The van der Waals surface area contributed by atoms with Gasteiger partial charge in [0.25, 0.3) is 0 Å². The standard InChI is InChI=1S/C23H21ClN2O3S/c24-21-13-7-6-9-18(21)15-25-23(27)22-14-17-8-4-5-10-19(17)16-26(22)30(28,29)20-11-2-1-3-12-20/h1-13,22H,14-16H2,(H,25,27)/t22-/m0/s1. The average molecular weight is 441 g/mol. The lowest BCUT2D eigenvalue weighted by Crippen LogP contribution is -2.52. The zero-order chi connectivity index (χ0) is 21.1. The molecule has 3 aromatic rings. The minimum atomic E-state index is -3.84. The lowest BCUT2D eigenvalue weighted by molar-refractivity contribution is -0.125. The molecule has 4 rings (SSSR count). The first-order valence-electron chi connectivity index (χ1n) is 9.61. The van der Waals surface area contributed by atoms with Gasteiger partial charge in [-0.05, 0) is 41.3 Å². The zero-order valence-corrected chi connectivity index (χ0v) is 17.7. The molecule has 0 bridgehead atoms. The second-order valence-electron chi connectivity index (χ2n) is 7.16. The molecule has 7 heteroatoms. The number of nitrogens with zero attached hydrogens (tertiary/aromatic N) is 1. The topological polar surface area (TPSA) is 66.5 Å². The number of carbonyl (C=O) groups is 1. The average Bonchev–Trinajstić information content (AvgIpc) is 2.78. The van der Waals surface area contributed by atoms with E-state index >= 15 is 0 Å². The molecule has 3 aromatic carbocycles. The smallest absolute Gasteiger partial charge is 0.244 e. The molecule has 0 aromatic heterocycles. The Labute approximate surface area is 181 Å². The van der Waals surface area contributed by atoms with Crippen molar-refractivity contribution in [2.45, 2.75) is 30.4 Å². The van der Waals surface area contributed by atoms with Gasteiger partial charge in [0.05, 0.1) is 4.90 Å². The Kier molecular flexibility index (Phi) is 5.90. The van der Waals surface area contributed by atoms with Crippen molar-refractivity contribution in [3.8, 4) is 0 Å². The van der Waals surface area contributed by atoms with Crippen molar-refractivity contribution in [1.29, 1.82) is 0 Å². The minimum Gasteiger partial charge on any atom is -0.351 e. The summed E-state index contributed by atoms with van der Waals surface area (Å²) in [6.07, 6.45) is 0.316. The molecule has 5 nitrogen and oxygen atoms in total. The maximum absolute atomic E-state index is 13.4. The maximum atomic E-state index is 13.4. The van der Waals surface area contributed by atoms with Gasteiger partial charge in [-0.25, -0.2) is 8.42 Å². The summed E-state index contributed by atoms with van der Waals surface area (Å²) < 4.78 is 28.0. The predicted molar refractivity (Wildman–Crippen MR) is 116 cm³/mol. The van der Waals surface area contributed by atoms with Crippen LogP contribution in [-0.4, -0.2) is 24.7 Å². The molecule has 1 atom stereocenters. The summed E-state index contributed by atoms with van der Waals surface area (Å²) in [6.45, 7) is 0.382. The summed E-state index contributed by atoms with van der Waals surface area (Å²) in [5.74, 6) is -0.344. The summed E-state index contributed by atoms with van der Waals surface area (Å²) >= 11 is 6.18. The van der Waals surface area contributed by atoms with Crippen molar-refractivity contribution in [2.24, 2.45) is 0 Å². The van der Waals surface area contributed by atoms with Gasteiger partial charge in [0, 0.05) is 18.1 Å². The zero-order valence-electron chi connectivity index (χ0n) is 16.2. The predicted octanol–water partition coefficient (Wildman–Crippen LogP) is 3.77. The van der Waals surface area contributed by atoms with E-state index in [9.17, 15) is 13.2 Å². The van der Waals surface area contributed by atoms with Crippen molar-refractivity contribution < 1.29 is 13.2 Å². The van der Waals surface area contributed by atoms with Crippen LogP contribution in [0.5, 0.6) is 0 Å². The highest BCUT2D eigenvalue weighted by atomic mass is 35.5. The SMILES string of the molecule is O=C(NCc1ccccc1Cl)[C@@H]1Cc2ccccc2CN1S(=O)(=O)c1ccccc1. The molecule has 154 valence electrons. The second-order valence-corrected chi connectivity index (χ2v) is 9.46. The molecule has 0 saturated carbocycles. The Bertz CT molecular complexity index is 1170. The van der Waals surface area contributed by atoms with E-state index in [1.54, 1.807) is 36.4 Å². The van der Waals surface area contributed by atoms with Crippen LogP contribution in [0.2, 0.25) is 5.02 Å². The molecule has 1 N–H and O–H groups in total. The molecular formula is C23H21ClN2O3S. The van der Waals surface area contributed by atoms with E-state index in [1.807, 2.05) is 42.5 Å². The van der Waals surface area contributed by atoms with Gasteiger partial charge in [-0.1, -0.05) is 72.3 Å². The van der Waals surface area contributed by atoms with E-state index in [0.29, 0.717) is 11.4 Å². The second kappa shape index (κ2) is 8.60. The number of rotatable bonds is 5. The van der Waals surface area contributed by atoms with Crippen LogP contribution in [-0.2, 0) is 34.3 Å². The van der Waals surface area contributed by atoms with Crippen LogP contribution >= 0.6 is 11.6 Å². The number of fused-ring (bicyclic) bond motifs is 1. The number of amides is 1. The summed E-state index contributed by atoms with van der Waals surface area (Å²) in [5, 5.41) is 3.42. The van der Waals surface area contributed by atoms with Crippen LogP contribution in [0.15, 0.2) is 83.8 Å². The quantitative estimate of drug-likeness (QED) is 0.656. The van der Waals surface area contributed by atoms with Gasteiger partial charge in [0.1, 0.15) is 6.04 Å². The number of carbonyl (C=O) groups excluding carboxylic acids is 1. The van der Waals surface area contributed by atoms with E-state index in [-0.39, 0.29) is 23.9 Å².